The fourth-order valence-electron chi connectivity index (χ4n) is 2.26. The van der Waals surface area contributed by atoms with Crippen molar-refractivity contribution in [2.75, 3.05) is 5.32 Å². The van der Waals surface area contributed by atoms with Crippen LogP contribution in [0.25, 0.3) is 0 Å². The molecule has 2 aromatic carbocycles. The minimum absolute atomic E-state index is 0.0472. The lowest BCUT2D eigenvalue weighted by atomic mass is 10.0. The quantitative estimate of drug-likeness (QED) is 0.917. The zero-order valence-electron chi connectivity index (χ0n) is 11.7. The van der Waals surface area contributed by atoms with E-state index >= 15 is 0 Å². The molecule has 0 atom stereocenters. The molecular weight excluding hydrogens is 276 g/mol. The minimum atomic E-state index is -3.58. The molecule has 0 amide bonds. The Morgan fingerprint density at radius 3 is 2.62 bits per heavy atom. The number of aryl methyl sites for hydroxylation is 1. The molecule has 0 saturated heterocycles. The molecule has 2 aromatic rings. The predicted octanol–water partition coefficient (Wildman–Crippen LogP) is 4.24. The van der Waals surface area contributed by atoms with E-state index in [1.165, 1.54) is 23.3 Å². The maximum Gasteiger partial charge on any atom is 0.586 e. The second-order valence-electron chi connectivity index (χ2n) is 5.04. The summed E-state index contributed by atoms with van der Waals surface area (Å²) >= 11 is 0. The monoisotopic (exact) mass is 291 g/mol. The normalized spacial score (nSPS) is 15.0. The molecule has 3 nitrogen and oxygen atoms in total. The van der Waals surface area contributed by atoms with Gasteiger partial charge in [0.05, 0.1) is 0 Å². The highest BCUT2D eigenvalue weighted by Gasteiger charge is 2.43. The third-order valence-corrected chi connectivity index (χ3v) is 3.60. The van der Waals surface area contributed by atoms with Gasteiger partial charge in [-0.1, -0.05) is 18.2 Å². The zero-order chi connectivity index (χ0) is 15.0. The molecule has 3 rings (SSSR count). The largest absolute Gasteiger partial charge is 0.586 e. The molecule has 0 saturated carbocycles. The standard InChI is InChI=1S/C16H15F2NO2/c1-10-4-3-5-12(11(10)2)9-19-13-6-7-14-15(8-13)21-16(17,18)20-14/h3-8,19H,9H2,1-2H3. The van der Waals surface area contributed by atoms with Crippen molar-refractivity contribution in [2.45, 2.75) is 26.7 Å². The molecule has 1 heterocycles. The number of ether oxygens (including phenoxy) is 2. The van der Waals surface area contributed by atoms with Crippen LogP contribution in [0.15, 0.2) is 36.4 Å². The van der Waals surface area contributed by atoms with E-state index in [0.717, 1.165) is 5.56 Å². The van der Waals surface area contributed by atoms with Gasteiger partial charge >= 0.3 is 6.29 Å². The Kier molecular flexibility index (Phi) is 3.20. The van der Waals surface area contributed by atoms with E-state index < -0.39 is 6.29 Å². The van der Waals surface area contributed by atoms with Gasteiger partial charge in [0.2, 0.25) is 0 Å². The van der Waals surface area contributed by atoms with E-state index in [0.29, 0.717) is 12.2 Å². The Bertz CT molecular complexity index is 686. The van der Waals surface area contributed by atoms with Crippen molar-refractivity contribution in [3.63, 3.8) is 0 Å². The lowest BCUT2D eigenvalue weighted by Gasteiger charge is -2.11. The highest BCUT2D eigenvalue weighted by Crippen LogP contribution is 2.42. The van der Waals surface area contributed by atoms with E-state index in [1.807, 2.05) is 12.1 Å². The topological polar surface area (TPSA) is 30.5 Å². The molecule has 1 aliphatic rings. The van der Waals surface area contributed by atoms with Crippen LogP contribution in [0, 0.1) is 13.8 Å². The van der Waals surface area contributed by atoms with Gasteiger partial charge in [-0.3, -0.25) is 0 Å². The highest BCUT2D eigenvalue weighted by atomic mass is 19.3. The third kappa shape index (κ3) is 2.77. The van der Waals surface area contributed by atoms with Crippen molar-refractivity contribution >= 4 is 5.69 Å². The average Bonchev–Trinajstić information content (AvgIpc) is 2.73. The first-order valence-corrected chi connectivity index (χ1v) is 6.63. The number of anilines is 1. The van der Waals surface area contributed by atoms with Crippen LogP contribution < -0.4 is 14.8 Å². The van der Waals surface area contributed by atoms with Gasteiger partial charge in [-0.25, -0.2) is 0 Å². The van der Waals surface area contributed by atoms with Crippen molar-refractivity contribution in [2.24, 2.45) is 0 Å². The summed E-state index contributed by atoms with van der Waals surface area (Å²) in [6.45, 7) is 4.73. The molecule has 0 spiro atoms. The molecular formula is C16H15F2NO2. The molecule has 5 heteroatoms. The molecule has 1 N–H and O–H groups in total. The lowest BCUT2D eigenvalue weighted by Crippen LogP contribution is -2.25. The van der Waals surface area contributed by atoms with Crippen molar-refractivity contribution < 1.29 is 18.3 Å². The first-order chi connectivity index (χ1) is 9.94. The maximum atomic E-state index is 13.0. The van der Waals surface area contributed by atoms with Crippen molar-refractivity contribution in [3.05, 3.63) is 53.1 Å². The Morgan fingerprint density at radius 2 is 1.81 bits per heavy atom. The fraction of sp³-hybridized carbons (Fsp3) is 0.250. The molecule has 1 aliphatic heterocycles. The summed E-state index contributed by atoms with van der Waals surface area (Å²) in [5, 5.41) is 3.21. The summed E-state index contributed by atoms with van der Waals surface area (Å²) in [6, 6.07) is 10.8. The van der Waals surface area contributed by atoms with Crippen molar-refractivity contribution in [1.82, 2.24) is 0 Å². The lowest BCUT2D eigenvalue weighted by molar-refractivity contribution is -0.286. The number of nitrogens with one attached hydrogen (secondary N) is 1. The average molecular weight is 291 g/mol. The van der Waals surface area contributed by atoms with E-state index in [9.17, 15) is 8.78 Å². The second-order valence-corrected chi connectivity index (χ2v) is 5.04. The zero-order valence-corrected chi connectivity index (χ0v) is 11.7. The molecule has 0 aliphatic carbocycles. The Balaban J connectivity index is 1.74. The molecule has 0 fully saturated rings. The molecule has 21 heavy (non-hydrogen) atoms. The van der Waals surface area contributed by atoms with Crippen LogP contribution in [0.4, 0.5) is 14.5 Å². The first-order valence-electron chi connectivity index (χ1n) is 6.63. The van der Waals surface area contributed by atoms with Crippen molar-refractivity contribution in [1.29, 1.82) is 0 Å². The summed E-state index contributed by atoms with van der Waals surface area (Å²) in [6.07, 6.45) is -3.58. The van der Waals surface area contributed by atoms with Gasteiger partial charge in [-0.2, -0.15) is 0 Å². The molecule has 0 unspecified atom stereocenters. The molecule has 110 valence electrons. The SMILES string of the molecule is Cc1cccc(CNc2ccc3c(c2)OC(F)(F)O3)c1C. The van der Waals surface area contributed by atoms with Gasteiger partial charge in [0.25, 0.3) is 0 Å². The van der Waals surface area contributed by atoms with Crippen LogP contribution >= 0.6 is 0 Å². The Morgan fingerprint density at radius 1 is 1.05 bits per heavy atom. The minimum Gasteiger partial charge on any atom is -0.395 e. The predicted molar refractivity (Wildman–Crippen MR) is 75.9 cm³/mol. The van der Waals surface area contributed by atoms with Gasteiger partial charge in [0.15, 0.2) is 11.5 Å². The number of halogens is 2. The first kappa shape index (κ1) is 13.7. The Hall–Kier alpha value is -2.30. The van der Waals surface area contributed by atoms with Crippen LogP contribution in [-0.2, 0) is 6.54 Å². The summed E-state index contributed by atoms with van der Waals surface area (Å²) in [5.41, 5.74) is 4.31. The third-order valence-electron chi connectivity index (χ3n) is 3.60. The van der Waals surface area contributed by atoms with Crippen molar-refractivity contribution in [3.8, 4) is 11.5 Å². The van der Waals surface area contributed by atoms with Gasteiger partial charge in [-0.05, 0) is 42.7 Å². The maximum absolute atomic E-state index is 13.0. The summed E-state index contributed by atoms with van der Waals surface area (Å²) < 4.78 is 34.7. The molecule has 0 radical (unpaired) electrons. The van der Waals surface area contributed by atoms with Gasteiger partial charge < -0.3 is 14.8 Å². The second kappa shape index (κ2) is 4.91. The van der Waals surface area contributed by atoms with Gasteiger partial charge in [-0.15, -0.1) is 8.78 Å². The van der Waals surface area contributed by atoms with E-state index in [-0.39, 0.29) is 11.5 Å². The summed E-state index contributed by atoms with van der Waals surface area (Å²) in [5.74, 6) is 0.100. The summed E-state index contributed by atoms with van der Waals surface area (Å²) in [4.78, 5) is 0. The molecule has 0 bridgehead atoms. The van der Waals surface area contributed by atoms with E-state index in [1.54, 1.807) is 6.07 Å². The highest BCUT2D eigenvalue weighted by molar-refractivity contribution is 5.56. The van der Waals surface area contributed by atoms with Gasteiger partial charge in [0, 0.05) is 18.3 Å². The van der Waals surface area contributed by atoms with E-state index in [2.05, 4.69) is 34.7 Å². The van der Waals surface area contributed by atoms with Crippen LogP contribution in [-0.4, -0.2) is 6.29 Å². The van der Waals surface area contributed by atoms with Gasteiger partial charge in [0.1, 0.15) is 0 Å². The number of alkyl halides is 2. The van der Waals surface area contributed by atoms with Crippen LogP contribution in [0.5, 0.6) is 11.5 Å². The molecule has 0 aromatic heterocycles. The number of rotatable bonds is 3. The fourth-order valence-corrected chi connectivity index (χ4v) is 2.26. The van der Waals surface area contributed by atoms with E-state index in [4.69, 9.17) is 0 Å². The number of fused-ring (bicyclic) bond motifs is 1. The number of hydrogen-bond acceptors (Lipinski definition) is 3. The van der Waals surface area contributed by atoms with Crippen LogP contribution in [0.1, 0.15) is 16.7 Å². The number of hydrogen-bond donors (Lipinski definition) is 1. The van der Waals surface area contributed by atoms with Crippen LogP contribution in [0.3, 0.4) is 0 Å². The smallest absolute Gasteiger partial charge is 0.395 e. The summed E-state index contributed by atoms with van der Waals surface area (Å²) in [7, 11) is 0. The van der Waals surface area contributed by atoms with Crippen LogP contribution in [0.2, 0.25) is 0 Å². The Labute approximate surface area is 121 Å². The number of benzene rings is 2.